The molecule has 3 heterocycles. The predicted octanol–water partition coefficient (Wildman–Crippen LogP) is 3.94. The summed E-state index contributed by atoms with van der Waals surface area (Å²) in [5, 5.41) is 1.16. The van der Waals surface area contributed by atoms with E-state index in [9.17, 15) is 9.18 Å². The van der Waals surface area contributed by atoms with E-state index in [4.69, 9.17) is 0 Å². The van der Waals surface area contributed by atoms with Crippen LogP contribution >= 0.6 is 0 Å². The van der Waals surface area contributed by atoms with Gasteiger partial charge in [0.25, 0.3) is 0 Å². The molecular weight excluding hydrogens is 391 g/mol. The van der Waals surface area contributed by atoms with Gasteiger partial charge in [-0.1, -0.05) is 18.2 Å². The molecule has 3 aromatic rings. The lowest BCUT2D eigenvalue weighted by Crippen LogP contribution is -2.52. The first-order valence-corrected chi connectivity index (χ1v) is 11.1. The Balaban J connectivity index is 1.23. The van der Waals surface area contributed by atoms with E-state index in [2.05, 4.69) is 26.9 Å². The number of halogens is 1. The standard InChI is InChI=1S/C25H27FN4O/c26-20-7-9-21(10-8-20)30-13-3-4-19(18-30)25(31)29-16-14-28(15-17-29)24-11-12-27-23-6-2-1-5-22(23)24/h1-2,5-12,19H,3-4,13-18H2. The Morgan fingerprint density at radius 2 is 1.68 bits per heavy atom. The van der Waals surface area contributed by atoms with Crippen LogP contribution in [-0.2, 0) is 4.79 Å². The quantitative estimate of drug-likeness (QED) is 0.646. The topological polar surface area (TPSA) is 39.7 Å². The lowest BCUT2D eigenvalue weighted by molar-refractivity contribution is -0.136. The molecule has 0 N–H and O–H groups in total. The molecule has 6 heteroatoms. The molecule has 5 rings (SSSR count). The fourth-order valence-corrected chi connectivity index (χ4v) is 4.85. The van der Waals surface area contributed by atoms with Gasteiger partial charge in [-0.3, -0.25) is 9.78 Å². The Bertz CT molecular complexity index is 1060. The van der Waals surface area contributed by atoms with E-state index in [0.29, 0.717) is 6.54 Å². The van der Waals surface area contributed by atoms with Crippen molar-refractivity contribution in [2.24, 2.45) is 5.92 Å². The molecule has 0 spiro atoms. The van der Waals surface area contributed by atoms with Gasteiger partial charge < -0.3 is 14.7 Å². The summed E-state index contributed by atoms with van der Waals surface area (Å²) in [4.78, 5) is 24.3. The Kier molecular flexibility index (Phi) is 5.45. The first-order valence-electron chi connectivity index (χ1n) is 11.1. The van der Waals surface area contributed by atoms with Crippen molar-refractivity contribution in [3.05, 3.63) is 66.6 Å². The molecule has 2 saturated heterocycles. The summed E-state index contributed by atoms with van der Waals surface area (Å²) < 4.78 is 13.3. The number of carbonyl (C=O) groups is 1. The van der Waals surface area contributed by atoms with Crippen LogP contribution in [0.25, 0.3) is 10.9 Å². The van der Waals surface area contributed by atoms with Gasteiger partial charge in [0.05, 0.1) is 11.4 Å². The van der Waals surface area contributed by atoms with Crippen molar-refractivity contribution in [3.63, 3.8) is 0 Å². The van der Waals surface area contributed by atoms with Gasteiger partial charge in [0.2, 0.25) is 5.91 Å². The van der Waals surface area contributed by atoms with Crippen molar-refractivity contribution in [3.8, 4) is 0 Å². The SMILES string of the molecule is O=C(C1CCCN(c2ccc(F)cc2)C1)N1CCN(c2ccnc3ccccc23)CC1. The first-order chi connectivity index (χ1) is 15.2. The van der Waals surface area contributed by atoms with Crippen LogP contribution in [0.3, 0.4) is 0 Å². The first kappa shape index (κ1) is 19.8. The van der Waals surface area contributed by atoms with Crippen molar-refractivity contribution in [1.29, 1.82) is 0 Å². The number of para-hydroxylation sites is 1. The third kappa shape index (κ3) is 4.07. The second-order valence-electron chi connectivity index (χ2n) is 8.42. The maximum Gasteiger partial charge on any atom is 0.227 e. The number of hydrogen-bond donors (Lipinski definition) is 0. The monoisotopic (exact) mass is 418 g/mol. The third-order valence-corrected chi connectivity index (χ3v) is 6.52. The summed E-state index contributed by atoms with van der Waals surface area (Å²) in [5.41, 5.74) is 3.19. The van der Waals surface area contributed by atoms with Crippen molar-refractivity contribution in [1.82, 2.24) is 9.88 Å². The molecule has 0 radical (unpaired) electrons. The number of piperazine rings is 1. The van der Waals surface area contributed by atoms with Gasteiger partial charge in [0.15, 0.2) is 0 Å². The van der Waals surface area contributed by atoms with Crippen LogP contribution in [-0.4, -0.2) is 55.1 Å². The summed E-state index contributed by atoms with van der Waals surface area (Å²) in [5.74, 6) is 0.0337. The molecule has 2 aliphatic heterocycles. The summed E-state index contributed by atoms with van der Waals surface area (Å²) >= 11 is 0. The highest BCUT2D eigenvalue weighted by atomic mass is 19.1. The molecule has 160 valence electrons. The minimum atomic E-state index is -0.228. The number of benzene rings is 2. The fraction of sp³-hybridized carbons (Fsp3) is 0.360. The Morgan fingerprint density at radius 1 is 0.903 bits per heavy atom. The Hall–Kier alpha value is -3.15. The minimum Gasteiger partial charge on any atom is -0.371 e. The Labute approximate surface area is 182 Å². The molecular formula is C25H27FN4O. The number of piperidine rings is 1. The normalized spacial score (nSPS) is 19.6. The van der Waals surface area contributed by atoms with Crippen LogP contribution in [0.4, 0.5) is 15.8 Å². The molecule has 0 aliphatic carbocycles. The highest BCUT2D eigenvalue weighted by Crippen LogP contribution is 2.28. The number of hydrogen-bond acceptors (Lipinski definition) is 4. The van der Waals surface area contributed by atoms with Gasteiger partial charge in [0, 0.05) is 62.2 Å². The third-order valence-electron chi connectivity index (χ3n) is 6.52. The lowest BCUT2D eigenvalue weighted by atomic mass is 9.95. The van der Waals surface area contributed by atoms with Crippen molar-refractivity contribution in [2.45, 2.75) is 12.8 Å². The number of aromatic nitrogens is 1. The van der Waals surface area contributed by atoms with Crippen LogP contribution < -0.4 is 9.80 Å². The number of anilines is 2. The second kappa shape index (κ2) is 8.53. The predicted molar refractivity (Wildman–Crippen MR) is 122 cm³/mol. The summed E-state index contributed by atoms with van der Waals surface area (Å²) in [6.45, 7) is 4.76. The van der Waals surface area contributed by atoms with E-state index in [1.165, 1.54) is 17.8 Å². The molecule has 2 aromatic carbocycles. The molecule has 0 saturated carbocycles. The van der Waals surface area contributed by atoms with Gasteiger partial charge in [-0.15, -0.1) is 0 Å². The average Bonchev–Trinajstić information content (AvgIpc) is 2.84. The molecule has 0 bridgehead atoms. The van der Waals surface area contributed by atoms with E-state index in [1.54, 1.807) is 12.1 Å². The number of rotatable bonds is 3. The summed E-state index contributed by atoms with van der Waals surface area (Å²) in [6.07, 6.45) is 3.77. The average molecular weight is 419 g/mol. The molecule has 1 unspecified atom stereocenters. The number of pyridine rings is 1. The molecule has 2 fully saturated rings. The zero-order valence-corrected chi connectivity index (χ0v) is 17.6. The maximum absolute atomic E-state index is 13.3. The lowest BCUT2D eigenvalue weighted by Gasteiger charge is -2.40. The number of nitrogens with zero attached hydrogens (tertiary/aromatic N) is 4. The number of fused-ring (bicyclic) bond motifs is 1. The molecule has 1 aromatic heterocycles. The Morgan fingerprint density at radius 3 is 2.48 bits per heavy atom. The fourth-order valence-electron chi connectivity index (χ4n) is 4.85. The van der Waals surface area contributed by atoms with Gasteiger partial charge in [-0.2, -0.15) is 0 Å². The number of amides is 1. The highest BCUT2D eigenvalue weighted by Gasteiger charge is 2.31. The second-order valence-corrected chi connectivity index (χ2v) is 8.42. The largest absolute Gasteiger partial charge is 0.371 e. The van der Waals surface area contributed by atoms with Gasteiger partial charge >= 0.3 is 0 Å². The van der Waals surface area contributed by atoms with E-state index in [0.717, 1.165) is 62.2 Å². The van der Waals surface area contributed by atoms with Gasteiger partial charge in [0.1, 0.15) is 5.82 Å². The zero-order valence-electron chi connectivity index (χ0n) is 17.6. The van der Waals surface area contributed by atoms with E-state index >= 15 is 0 Å². The summed E-state index contributed by atoms with van der Waals surface area (Å²) in [6, 6.07) is 16.9. The van der Waals surface area contributed by atoms with Crippen LogP contribution in [0.5, 0.6) is 0 Å². The van der Waals surface area contributed by atoms with Crippen LogP contribution in [0.2, 0.25) is 0 Å². The van der Waals surface area contributed by atoms with Crippen LogP contribution in [0.15, 0.2) is 60.8 Å². The zero-order chi connectivity index (χ0) is 21.2. The molecule has 1 atom stereocenters. The van der Waals surface area contributed by atoms with Crippen LogP contribution in [0.1, 0.15) is 12.8 Å². The van der Waals surface area contributed by atoms with Crippen molar-refractivity contribution < 1.29 is 9.18 Å². The van der Waals surface area contributed by atoms with Gasteiger partial charge in [-0.25, -0.2) is 4.39 Å². The van der Waals surface area contributed by atoms with E-state index in [1.807, 2.05) is 29.3 Å². The maximum atomic E-state index is 13.3. The smallest absolute Gasteiger partial charge is 0.227 e. The summed E-state index contributed by atoms with van der Waals surface area (Å²) in [7, 11) is 0. The molecule has 2 aliphatic rings. The van der Waals surface area contributed by atoms with Crippen molar-refractivity contribution in [2.75, 3.05) is 49.1 Å². The van der Waals surface area contributed by atoms with Gasteiger partial charge in [-0.05, 0) is 49.2 Å². The minimum absolute atomic E-state index is 0.00658. The number of carbonyl (C=O) groups excluding carboxylic acids is 1. The van der Waals surface area contributed by atoms with Crippen molar-refractivity contribution >= 4 is 28.2 Å². The van der Waals surface area contributed by atoms with Crippen LogP contribution in [0, 0.1) is 11.7 Å². The van der Waals surface area contributed by atoms with E-state index in [-0.39, 0.29) is 17.6 Å². The van der Waals surface area contributed by atoms with E-state index < -0.39 is 0 Å². The molecule has 1 amide bonds. The highest BCUT2D eigenvalue weighted by molar-refractivity contribution is 5.91. The molecule has 5 nitrogen and oxygen atoms in total. The molecule has 31 heavy (non-hydrogen) atoms.